The summed E-state index contributed by atoms with van der Waals surface area (Å²) in [6.45, 7) is 6.91. The fourth-order valence-electron chi connectivity index (χ4n) is 4.76. The van der Waals surface area contributed by atoms with Crippen molar-refractivity contribution < 1.29 is 14.0 Å². The number of hydrogen-bond donors (Lipinski definition) is 6. The van der Waals surface area contributed by atoms with Gasteiger partial charge >= 0.3 is 0 Å². The predicted molar refractivity (Wildman–Crippen MR) is 142 cm³/mol. The summed E-state index contributed by atoms with van der Waals surface area (Å²) in [4.78, 5) is 30.6. The standard InChI is InChI=1S/C26H39FN8O2/c1-5-13(2)35(31)19(12-28)25(36)34-23(22(16-6-7-16)17-8-9-17)26(37)33-20-11-10-18(24(27)32-20)21(14(3)29)15(4)30/h10-13,16-17,22-23,29H,5-9,28,30-31H2,1-4H3,(H,34,36)(H,32,33,37)/b19-12-,21-15?,29-14?/t13?,23-/m0/s1. The number of hydrogen-bond acceptors (Lipinski definition) is 8. The van der Waals surface area contributed by atoms with Gasteiger partial charge in [-0.1, -0.05) is 6.92 Å². The Morgan fingerprint density at radius 3 is 2.27 bits per heavy atom. The molecule has 2 amide bonds. The van der Waals surface area contributed by atoms with Crippen molar-refractivity contribution >= 4 is 28.9 Å². The van der Waals surface area contributed by atoms with Crippen LogP contribution in [0.3, 0.4) is 0 Å². The summed E-state index contributed by atoms with van der Waals surface area (Å²) in [5, 5.41) is 14.7. The van der Waals surface area contributed by atoms with Gasteiger partial charge in [0.1, 0.15) is 17.6 Å². The number of nitrogens with two attached hydrogens (primary N) is 3. The Morgan fingerprint density at radius 2 is 1.84 bits per heavy atom. The van der Waals surface area contributed by atoms with Crippen molar-refractivity contribution in [3.05, 3.63) is 41.2 Å². The van der Waals surface area contributed by atoms with Gasteiger partial charge in [-0.25, -0.2) is 10.8 Å². The van der Waals surface area contributed by atoms with Crippen molar-refractivity contribution in [3.8, 4) is 0 Å². The number of amides is 2. The number of nitrogens with zero attached hydrogens (tertiary/aromatic N) is 2. The minimum absolute atomic E-state index is 0.00199. The van der Waals surface area contributed by atoms with Crippen LogP contribution in [0.4, 0.5) is 10.2 Å². The highest BCUT2D eigenvalue weighted by atomic mass is 19.1. The zero-order valence-electron chi connectivity index (χ0n) is 22.0. The van der Waals surface area contributed by atoms with Gasteiger partial charge in [0, 0.05) is 34.8 Å². The maximum atomic E-state index is 14.9. The Balaban J connectivity index is 1.86. The minimum Gasteiger partial charge on any atom is -0.403 e. The molecule has 1 unspecified atom stereocenters. The molecule has 202 valence electrons. The van der Waals surface area contributed by atoms with E-state index in [1.807, 2.05) is 13.8 Å². The van der Waals surface area contributed by atoms with E-state index < -0.39 is 23.8 Å². The average Bonchev–Trinajstić information content (AvgIpc) is 3.75. The normalized spacial score (nSPS) is 18.1. The molecule has 1 aromatic heterocycles. The third-order valence-electron chi connectivity index (χ3n) is 7.16. The topological polar surface area (TPSA) is 176 Å². The second-order valence-corrected chi connectivity index (χ2v) is 10.1. The Kier molecular flexibility index (Phi) is 8.90. The summed E-state index contributed by atoms with van der Waals surface area (Å²) in [6.07, 6.45) is 5.82. The van der Waals surface area contributed by atoms with Crippen LogP contribution in [0.25, 0.3) is 5.57 Å². The molecule has 0 spiro atoms. The summed E-state index contributed by atoms with van der Waals surface area (Å²) in [6, 6.07) is 1.90. The van der Waals surface area contributed by atoms with Crippen molar-refractivity contribution in [3.63, 3.8) is 0 Å². The molecule has 2 fully saturated rings. The summed E-state index contributed by atoms with van der Waals surface area (Å²) in [5.41, 5.74) is 12.4. The molecule has 1 aromatic rings. The molecule has 0 aromatic carbocycles. The van der Waals surface area contributed by atoms with E-state index in [0.29, 0.717) is 24.0 Å². The maximum absolute atomic E-state index is 14.9. The molecule has 11 heteroatoms. The first-order chi connectivity index (χ1) is 17.5. The van der Waals surface area contributed by atoms with E-state index in [0.717, 1.165) is 31.9 Å². The first kappa shape index (κ1) is 28.1. The lowest BCUT2D eigenvalue weighted by atomic mass is 9.88. The zero-order chi connectivity index (χ0) is 27.4. The van der Waals surface area contributed by atoms with Gasteiger partial charge in [-0.05, 0) is 82.8 Å². The number of hydrazine groups is 1. The van der Waals surface area contributed by atoms with Crippen LogP contribution in [-0.4, -0.2) is 39.6 Å². The van der Waals surface area contributed by atoms with E-state index in [2.05, 4.69) is 15.6 Å². The number of aromatic nitrogens is 1. The Bertz CT molecular complexity index is 1090. The van der Waals surface area contributed by atoms with Crippen molar-refractivity contribution in [2.45, 2.75) is 71.9 Å². The van der Waals surface area contributed by atoms with Crippen LogP contribution in [0.2, 0.25) is 0 Å². The number of carbonyl (C=O) groups is 2. The molecule has 1 heterocycles. The third kappa shape index (κ3) is 6.65. The summed E-state index contributed by atoms with van der Waals surface area (Å²) < 4.78 is 14.9. The van der Waals surface area contributed by atoms with Gasteiger partial charge in [-0.2, -0.15) is 4.39 Å². The largest absolute Gasteiger partial charge is 0.403 e. The number of allylic oxidation sites excluding steroid dienone is 2. The Morgan fingerprint density at radius 1 is 1.24 bits per heavy atom. The van der Waals surface area contributed by atoms with Crippen molar-refractivity contribution in [1.82, 2.24) is 15.3 Å². The number of anilines is 1. The van der Waals surface area contributed by atoms with Crippen molar-refractivity contribution in [2.75, 3.05) is 5.32 Å². The van der Waals surface area contributed by atoms with Crippen molar-refractivity contribution in [2.24, 2.45) is 35.1 Å². The SMILES string of the molecule is CCC(C)N(N)/C(=C\N)C(=O)N[C@H](C(=O)Nc1ccc(C(C(C)=N)=C(C)N)c(F)n1)C(C1CC1)C1CC1. The number of pyridine rings is 1. The molecule has 2 saturated carbocycles. The number of carbonyl (C=O) groups excluding carboxylic acids is 2. The molecule has 2 atom stereocenters. The van der Waals surface area contributed by atoms with Gasteiger partial charge in [0.05, 0.1) is 0 Å². The van der Waals surface area contributed by atoms with Gasteiger partial charge in [0.2, 0.25) is 11.9 Å². The zero-order valence-corrected chi connectivity index (χ0v) is 22.0. The Hall–Kier alpha value is -3.47. The number of nitrogens with one attached hydrogen (secondary N) is 3. The highest BCUT2D eigenvalue weighted by molar-refractivity contribution is 6.21. The third-order valence-corrected chi connectivity index (χ3v) is 7.16. The lowest BCUT2D eigenvalue weighted by Crippen LogP contribution is -2.53. The molecule has 0 bridgehead atoms. The van der Waals surface area contributed by atoms with E-state index in [1.165, 1.54) is 24.1 Å². The Labute approximate surface area is 217 Å². The van der Waals surface area contributed by atoms with E-state index in [9.17, 15) is 14.0 Å². The molecule has 0 radical (unpaired) electrons. The molecular formula is C26H39FN8O2. The van der Waals surface area contributed by atoms with Crippen LogP contribution in [0.5, 0.6) is 0 Å². The lowest BCUT2D eigenvalue weighted by Gasteiger charge is -2.31. The van der Waals surface area contributed by atoms with Crippen molar-refractivity contribution in [1.29, 1.82) is 5.41 Å². The molecule has 37 heavy (non-hydrogen) atoms. The maximum Gasteiger partial charge on any atom is 0.271 e. The molecule has 2 aliphatic carbocycles. The van der Waals surface area contributed by atoms with E-state index in [-0.39, 0.29) is 40.3 Å². The van der Waals surface area contributed by atoms with Crippen LogP contribution in [-0.2, 0) is 9.59 Å². The quantitative estimate of drug-likeness (QED) is 0.0816. The van der Waals surface area contributed by atoms with Crippen LogP contribution in [0, 0.1) is 29.1 Å². The lowest BCUT2D eigenvalue weighted by molar-refractivity contribution is -0.127. The first-order valence-electron chi connectivity index (χ1n) is 12.8. The smallest absolute Gasteiger partial charge is 0.271 e. The highest BCUT2D eigenvalue weighted by Gasteiger charge is 2.48. The van der Waals surface area contributed by atoms with Crippen LogP contribution in [0.15, 0.2) is 29.7 Å². The van der Waals surface area contributed by atoms with Gasteiger partial charge in [0.25, 0.3) is 5.91 Å². The fourth-order valence-corrected chi connectivity index (χ4v) is 4.76. The highest BCUT2D eigenvalue weighted by Crippen LogP contribution is 2.51. The first-order valence-corrected chi connectivity index (χ1v) is 12.8. The molecule has 9 N–H and O–H groups in total. The average molecular weight is 515 g/mol. The van der Waals surface area contributed by atoms with E-state index in [4.69, 9.17) is 22.7 Å². The second kappa shape index (κ2) is 11.7. The van der Waals surface area contributed by atoms with E-state index >= 15 is 0 Å². The van der Waals surface area contributed by atoms with Gasteiger partial charge in [0.15, 0.2) is 0 Å². The minimum atomic E-state index is -0.858. The molecule has 2 aliphatic rings. The monoisotopic (exact) mass is 514 g/mol. The van der Waals surface area contributed by atoms with Crippen LogP contribution in [0.1, 0.15) is 65.4 Å². The predicted octanol–water partition coefficient (Wildman–Crippen LogP) is 2.58. The number of rotatable bonds is 12. The van der Waals surface area contributed by atoms with E-state index in [1.54, 1.807) is 6.92 Å². The van der Waals surface area contributed by atoms with Crippen LogP contribution < -0.4 is 27.9 Å². The van der Waals surface area contributed by atoms with Gasteiger partial charge in [-0.15, -0.1) is 0 Å². The molecular weight excluding hydrogens is 475 g/mol. The molecule has 0 saturated heterocycles. The van der Waals surface area contributed by atoms with Crippen LogP contribution >= 0.6 is 0 Å². The molecule has 0 aliphatic heterocycles. The summed E-state index contributed by atoms with van der Waals surface area (Å²) in [5.74, 6) is 4.87. The van der Waals surface area contributed by atoms with Gasteiger partial charge in [-0.3, -0.25) is 9.59 Å². The number of halogens is 1. The summed E-state index contributed by atoms with van der Waals surface area (Å²) in [7, 11) is 0. The molecule has 3 rings (SSSR count). The summed E-state index contributed by atoms with van der Waals surface area (Å²) >= 11 is 0. The fraction of sp³-hybridized carbons (Fsp3) is 0.538. The second-order valence-electron chi connectivity index (χ2n) is 10.1. The molecule has 10 nitrogen and oxygen atoms in total. The van der Waals surface area contributed by atoms with Gasteiger partial charge < -0.3 is 32.5 Å².